The van der Waals surface area contributed by atoms with Crippen LogP contribution in [0.25, 0.3) is 0 Å². The van der Waals surface area contributed by atoms with Gasteiger partial charge in [-0.2, -0.15) is 0 Å². The fraction of sp³-hybridized carbons (Fsp3) is 0.960. The quantitative estimate of drug-likeness (QED) is 0.190. The van der Waals surface area contributed by atoms with Crippen molar-refractivity contribution >= 4 is 5.97 Å². The normalized spacial score (nSPS) is 12.4. The molecule has 0 saturated heterocycles. The van der Waals surface area contributed by atoms with E-state index in [-0.39, 0.29) is 0 Å². The predicted molar refractivity (Wildman–Crippen MR) is 119 cm³/mol. The lowest BCUT2D eigenvalue weighted by atomic mass is 9.96. The molecular formula is C25H50O2. The van der Waals surface area contributed by atoms with Crippen LogP contribution in [0.5, 0.6) is 0 Å². The Morgan fingerprint density at radius 3 is 1.30 bits per heavy atom. The van der Waals surface area contributed by atoms with Crippen molar-refractivity contribution in [3.05, 3.63) is 0 Å². The van der Waals surface area contributed by atoms with Crippen molar-refractivity contribution in [2.24, 2.45) is 5.92 Å². The molecule has 162 valence electrons. The van der Waals surface area contributed by atoms with Crippen molar-refractivity contribution < 1.29 is 9.90 Å². The molecule has 2 heteroatoms. The third kappa shape index (κ3) is 23.4. The second-order valence-corrected chi connectivity index (χ2v) is 8.84. The minimum absolute atomic E-state index is 0.342. The fourth-order valence-electron chi connectivity index (χ4n) is 3.95. The average Bonchev–Trinajstić information content (AvgIpc) is 2.64. The number of carbonyl (C=O) groups is 1. The molecule has 0 saturated carbocycles. The van der Waals surface area contributed by atoms with E-state index in [4.69, 9.17) is 5.11 Å². The van der Waals surface area contributed by atoms with Crippen LogP contribution in [0.3, 0.4) is 0 Å². The average molecular weight is 383 g/mol. The number of hydrogen-bond donors (Lipinski definition) is 1. The third-order valence-electron chi connectivity index (χ3n) is 5.89. The zero-order valence-corrected chi connectivity index (χ0v) is 18.8. The van der Waals surface area contributed by atoms with Crippen LogP contribution < -0.4 is 0 Å². The van der Waals surface area contributed by atoms with Crippen LogP contribution in [0, 0.1) is 5.92 Å². The van der Waals surface area contributed by atoms with E-state index in [2.05, 4.69) is 13.8 Å². The van der Waals surface area contributed by atoms with Crippen molar-refractivity contribution in [2.75, 3.05) is 0 Å². The molecule has 2 nitrogen and oxygen atoms in total. The van der Waals surface area contributed by atoms with E-state index in [1.807, 2.05) is 0 Å². The highest BCUT2D eigenvalue weighted by molar-refractivity contribution is 5.66. The molecule has 0 bridgehead atoms. The van der Waals surface area contributed by atoms with E-state index in [0.29, 0.717) is 6.42 Å². The molecule has 0 aromatic carbocycles. The zero-order chi connectivity index (χ0) is 20.0. The Balaban J connectivity index is 3.13. The van der Waals surface area contributed by atoms with Crippen LogP contribution in [0.1, 0.15) is 149 Å². The predicted octanol–water partition coefficient (Wildman–Crippen LogP) is 8.92. The number of unbranched alkanes of at least 4 members (excludes halogenated alkanes) is 16. The van der Waals surface area contributed by atoms with Crippen molar-refractivity contribution in [3.8, 4) is 0 Å². The minimum atomic E-state index is -0.652. The summed E-state index contributed by atoms with van der Waals surface area (Å²) in [5.41, 5.74) is 0. The molecule has 0 radical (unpaired) electrons. The first-order chi connectivity index (χ1) is 13.2. The number of rotatable bonds is 22. The second-order valence-electron chi connectivity index (χ2n) is 8.84. The van der Waals surface area contributed by atoms with Gasteiger partial charge in [-0.25, -0.2) is 0 Å². The molecule has 1 unspecified atom stereocenters. The van der Waals surface area contributed by atoms with Gasteiger partial charge in [-0.15, -0.1) is 0 Å². The molecule has 0 aliphatic carbocycles. The lowest BCUT2D eigenvalue weighted by molar-refractivity contribution is -0.137. The largest absolute Gasteiger partial charge is 0.481 e. The van der Waals surface area contributed by atoms with Crippen LogP contribution in [-0.2, 0) is 4.79 Å². The molecule has 0 fully saturated rings. The number of hydrogen-bond acceptors (Lipinski definition) is 1. The molecule has 1 atom stereocenters. The van der Waals surface area contributed by atoms with Crippen molar-refractivity contribution in [3.63, 3.8) is 0 Å². The van der Waals surface area contributed by atoms with Crippen LogP contribution in [0.4, 0.5) is 0 Å². The summed E-state index contributed by atoms with van der Waals surface area (Å²) in [6.07, 6.45) is 27.6. The SMILES string of the molecule is CCCCCCCCCCCCCCCCC(C)CCCCCCC(=O)O. The lowest BCUT2D eigenvalue weighted by Crippen LogP contribution is -1.96. The van der Waals surface area contributed by atoms with Gasteiger partial charge in [-0.3, -0.25) is 4.79 Å². The number of carboxylic acids is 1. The van der Waals surface area contributed by atoms with Gasteiger partial charge in [0.15, 0.2) is 0 Å². The van der Waals surface area contributed by atoms with Gasteiger partial charge in [-0.1, -0.05) is 136 Å². The first-order valence-electron chi connectivity index (χ1n) is 12.4. The van der Waals surface area contributed by atoms with Gasteiger partial charge in [0.05, 0.1) is 0 Å². The monoisotopic (exact) mass is 382 g/mol. The summed E-state index contributed by atoms with van der Waals surface area (Å²) < 4.78 is 0. The van der Waals surface area contributed by atoms with E-state index in [1.165, 1.54) is 116 Å². The molecule has 0 rings (SSSR count). The third-order valence-corrected chi connectivity index (χ3v) is 5.89. The standard InChI is InChI=1S/C25H50O2/c1-3-4-5-6-7-8-9-10-11-12-13-14-15-18-21-24(2)22-19-16-17-20-23-25(26)27/h24H,3-23H2,1-2H3,(H,26,27). The summed E-state index contributed by atoms with van der Waals surface area (Å²) in [4.78, 5) is 10.5. The highest BCUT2D eigenvalue weighted by Crippen LogP contribution is 2.19. The van der Waals surface area contributed by atoms with E-state index in [1.54, 1.807) is 0 Å². The lowest BCUT2D eigenvalue weighted by Gasteiger charge is -2.11. The molecule has 1 N–H and O–H groups in total. The summed E-state index contributed by atoms with van der Waals surface area (Å²) in [5.74, 6) is 0.197. The summed E-state index contributed by atoms with van der Waals surface area (Å²) in [5, 5.41) is 8.61. The maximum atomic E-state index is 10.5. The Morgan fingerprint density at radius 2 is 0.926 bits per heavy atom. The first-order valence-corrected chi connectivity index (χ1v) is 12.4. The Hall–Kier alpha value is -0.530. The molecule has 0 aromatic heterocycles. The first kappa shape index (κ1) is 26.5. The molecule has 27 heavy (non-hydrogen) atoms. The van der Waals surface area contributed by atoms with Crippen molar-refractivity contribution in [1.82, 2.24) is 0 Å². The molecule has 0 aliphatic rings. The minimum Gasteiger partial charge on any atom is -0.481 e. The maximum Gasteiger partial charge on any atom is 0.303 e. The molecule has 0 spiro atoms. The van der Waals surface area contributed by atoms with E-state index < -0.39 is 5.97 Å². The number of aliphatic carboxylic acids is 1. The molecule has 0 amide bonds. The van der Waals surface area contributed by atoms with Crippen LogP contribution in [0.2, 0.25) is 0 Å². The maximum absolute atomic E-state index is 10.5. The van der Waals surface area contributed by atoms with Gasteiger partial charge < -0.3 is 5.11 Å². The van der Waals surface area contributed by atoms with Crippen molar-refractivity contribution in [1.29, 1.82) is 0 Å². The number of carboxylic acid groups (broad SMARTS) is 1. The topological polar surface area (TPSA) is 37.3 Å². The van der Waals surface area contributed by atoms with Crippen LogP contribution in [0.15, 0.2) is 0 Å². The Kier molecular flexibility index (Phi) is 21.3. The van der Waals surface area contributed by atoms with Gasteiger partial charge in [0.25, 0.3) is 0 Å². The Morgan fingerprint density at radius 1 is 0.593 bits per heavy atom. The summed E-state index contributed by atoms with van der Waals surface area (Å²) in [6, 6.07) is 0. The van der Waals surface area contributed by atoms with E-state index in [9.17, 15) is 4.79 Å². The van der Waals surface area contributed by atoms with Gasteiger partial charge in [-0.05, 0) is 12.3 Å². The van der Waals surface area contributed by atoms with E-state index >= 15 is 0 Å². The van der Waals surface area contributed by atoms with Gasteiger partial charge in [0.2, 0.25) is 0 Å². The highest BCUT2D eigenvalue weighted by Gasteiger charge is 2.03. The van der Waals surface area contributed by atoms with E-state index in [0.717, 1.165) is 18.8 Å². The summed E-state index contributed by atoms with van der Waals surface area (Å²) in [6.45, 7) is 4.68. The smallest absolute Gasteiger partial charge is 0.303 e. The fourth-order valence-corrected chi connectivity index (χ4v) is 3.95. The summed E-state index contributed by atoms with van der Waals surface area (Å²) in [7, 11) is 0. The van der Waals surface area contributed by atoms with Gasteiger partial charge in [0.1, 0.15) is 0 Å². The van der Waals surface area contributed by atoms with Crippen LogP contribution in [-0.4, -0.2) is 11.1 Å². The molecule has 0 aromatic rings. The van der Waals surface area contributed by atoms with Gasteiger partial charge >= 0.3 is 5.97 Å². The Bertz CT molecular complexity index is 301. The molecule has 0 aliphatic heterocycles. The second kappa shape index (κ2) is 21.8. The molecule has 0 heterocycles. The molecular weight excluding hydrogens is 332 g/mol. The highest BCUT2D eigenvalue weighted by atomic mass is 16.4. The van der Waals surface area contributed by atoms with Crippen LogP contribution >= 0.6 is 0 Å². The van der Waals surface area contributed by atoms with Crippen molar-refractivity contribution in [2.45, 2.75) is 149 Å². The Labute approximate surface area is 170 Å². The van der Waals surface area contributed by atoms with Gasteiger partial charge in [0, 0.05) is 6.42 Å². The zero-order valence-electron chi connectivity index (χ0n) is 18.8. The summed E-state index contributed by atoms with van der Waals surface area (Å²) >= 11 is 0.